The van der Waals surface area contributed by atoms with Gasteiger partial charge in [-0.1, -0.05) is 17.8 Å². The van der Waals surface area contributed by atoms with Crippen molar-refractivity contribution in [1.29, 1.82) is 0 Å². The fourth-order valence-corrected chi connectivity index (χ4v) is 3.97. The molecule has 0 N–H and O–H groups in total. The molecule has 3 aromatic heterocycles. The minimum atomic E-state index is 0.894. The van der Waals surface area contributed by atoms with E-state index in [0.717, 1.165) is 36.1 Å². The van der Waals surface area contributed by atoms with Crippen LogP contribution < -0.4 is 0 Å². The fraction of sp³-hybridized carbons (Fsp3) is 0.400. The third kappa shape index (κ3) is 3.41. The Hall–Kier alpha value is -1.60. The molecule has 5 nitrogen and oxygen atoms in total. The fourth-order valence-electron chi connectivity index (χ4n) is 2.31. The second-order valence-electron chi connectivity index (χ2n) is 5.00. The van der Waals surface area contributed by atoms with Crippen LogP contribution in [-0.2, 0) is 20.0 Å². The molecule has 0 aliphatic carbocycles. The molecule has 0 atom stereocenters. The first-order valence-electron chi connectivity index (χ1n) is 7.35. The van der Waals surface area contributed by atoms with Gasteiger partial charge in [0.2, 0.25) is 0 Å². The van der Waals surface area contributed by atoms with E-state index in [1.165, 1.54) is 10.4 Å². The van der Waals surface area contributed by atoms with Crippen molar-refractivity contribution in [2.45, 2.75) is 31.5 Å². The monoisotopic (exact) mass is 333 g/mol. The van der Waals surface area contributed by atoms with Crippen LogP contribution in [0, 0.1) is 0 Å². The van der Waals surface area contributed by atoms with Crippen LogP contribution in [0.15, 0.2) is 35.1 Å². The molecule has 0 aliphatic heterocycles. The van der Waals surface area contributed by atoms with Crippen molar-refractivity contribution < 1.29 is 0 Å². The summed E-state index contributed by atoms with van der Waals surface area (Å²) in [6.45, 7) is 3.03. The first-order valence-corrected chi connectivity index (χ1v) is 9.22. The molecule has 0 unspecified atom stereocenters. The highest BCUT2D eigenvalue weighted by Crippen LogP contribution is 2.27. The number of aromatic nitrogens is 5. The van der Waals surface area contributed by atoms with Crippen molar-refractivity contribution in [3.05, 3.63) is 35.5 Å². The summed E-state index contributed by atoms with van der Waals surface area (Å²) in [5, 5.41) is 16.0. The molecule has 0 fully saturated rings. The lowest BCUT2D eigenvalue weighted by atomic mass is 10.2. The van der Waals surface area contributed by atoms with E-state index < -0.39 is 0 Å². The van der Waals surface area contributed by atoms with Gasteiger partial charge in [0.25, 0.3) is 0 Å². The average molecular weight is 333 g/mol. The van der Waals surface area contributed by atoms with Gasteiger partial charge in [-0.2, -0.15) is 5.10 Å². The lowest BCUT2D eigenvalue weighted by molar-refractivity contribution is 0.687. The van der Waals surface area contributed by atoms with Gasteiger partial charge in [-0.3, -0.25) is 4.68 Å². The molecule has 0 amide bonds. The summed E-state index contributed by atoms with van der Waals surface area (Å²) in [6, 6.07) is 4.15. The zero-order valence-electron chi connectivity index (χ0n) is 12.8. The van der Waals surface area contributed by atoms with Gasteiger partial charge in [0, 0.05) is 25.5 Å². The van der Waals surface area contributed by atoms with Crippen molar-refractivity contribution in [2.24, 2.45) is 7.05 Å². The largest absolute Gasteiger partial charge is 0.302 e. The van der Waals surface area contributed by atoms with Crippen LogP contribution in [0.4, 0.5) is 0 Å². The second-order valence-corrected chi connectivity index (χ2v) is 7.01. The number of rotatable bonds is 7. The van der Waals surface area contributed by atoms with Gasteiger partial charge in [-0.05, 0) is 36.8 Å². The Bertz CT molecular complexity index is 714. The minimum absolute atomic E-state index is 0.894. The number of hydrogen-bond acceptors (Lipinski definition) is 5. The molecule has 7 heteroatoms. The summed E-state index contributed by atoms with van der Waals surface area (Å²) >= 11 is 3.49. The van der Waals surface area contributed by atoms with E-state index >= 15 is 0 Å². The van der Waals surface area contributed by atoms with E-state index in [1.54, 1.807) is 23.1 Å². The molecule has 0 saturated carbocycles. The van der Waals surface area contributed by atoms with Crippen LogP contribution in [0.1, 0.15) is 18.9 Å². The smallest absolute Gasteiger partial charge is 0.191 e. The van der Waals surface area contributed by atoms with Crippen LogP contribution in [0.5, 0.6) is 0 Å². The van der Waals surface area contributed by atoms with Gasteiger partial charge < -0.3 is 4.57 Å². The third-order valence-electron chi connectivity index (χ3n) is 3.37. The van der Waals surface area contributed by atoms with Gasteiger partial charge in [0.15, 0.2) is 11.0 Å². The summed E-state index contributed by atoms with van der Waals surface area (Å²) in [4.78, 5) is 1.18. The summed E-state index contributed by atoms with van der Waals surface area (Å²) in [5.41, 5.74) is 1.29. The second kappa shape index (κ2) is 7.11. The Balaban J connectivity index is 1.58. The number of thioether (sulfide) groups is 1. The zero-order chi connectivity index (χ0) is 15.4. The number of hydrogen-bond donors (Lipinski definition) is 0. The molecular weight excluding hydrogens is 314 g/mol. The Kier molecular flexibility index (Phi) is 4.94. The molecule has 0 bridgehead atoms. The van der Waals surface area contributed by atoms with E-state index in [2.05, 4.69) is 50.5 Å². The lowest BCUT2D eigenvalue weighted by Crippen LogP contribution is -1.99. The van der Waals surface area contributed by atoms with Crippen LogP contribution >= 0.6 is 23.1 Å². The number of thiophene rings is 1. The van der Waals surface area contributed by atoms with Crippen LogP contribution in [0.2, 0.25) is 0 Å². The van der Waals surface area contributed by atoms with Crippen molar-refractivity contribution in [3.63, 3.8) is 0 Å². The van der Waals surface area contributed by atoms with Crippen molar-refractivity contribution in [1.82, 2.24) is 24.5 Å². The Morgan fingerprint density at radius 3 is 2.91 bits per heavy atom. The molecule has 3 aromatic rings. The highest BCUT2D eigenvalue weighted by Gasteiger charge is 2.13. The SMILES string of the molecule is CCn1c(SCCCc2cnn(C)c2)nnc1-c1cccs1. The van der Waals surface area contributed by atoms with Crippen LogP contribution in [0.25, 0.3) is 10.7 Å². The minimum Gasteiger partial charge on any atom is -0.302 e. The summed E-state index contributed by atoms with van der Waals surface area (Å²) in [6.07, 6.45) is 6.18. The highest BCUT2D eigenvalue weighted by atomic mass is 32.2. The first kappa shape index (κ1) is 15.3. The quantitative estimate of drug-likeness (QED) is 0.490. The Morgan fingerprint density at radius 2 is 2.23 bits per heavy atom. The van der Waals surface area contributed by atoms with E-state index in [4.69, 9.17) is 0 Å². The Morgan fingerprint density at radius 1 is 1.32 bits per heavy atom. The summed E-state index contributed by atoms with van der Waals surface area (Å²) < 4.78 is 4.05. The molecule has 0 aliphatic rings. The molecule has 22 heavy (non-hydrogen) atoms. The number of nitrogens with zero attached hydrogens (tertiary/aromatic N) is 5. The topological polar surface area (TPSA) is 48.5 Å². The van der Waals surface area contributed by atoms with Gasteiger partial charge in [0.05, 0.1) is 11.1 Å². The van der Waals surface area contributed by atoms with E-state index in [0.29, 0.717) is 0 Å². The standard InChI is InChI=1S/C15H19N5S2/c1-3-20-14(13-7-5-8-21-13)17-18-15(20)22-9-4-6-12-10-16-19(2)11-12/h5,7-8,10-11H,3-4,6,9H2,1-2H3. The molecule has 3 rings (SSSR count). The molecule has 0 saturated heterocycles. The molecule has 0 radical (unpaired) electrons. The Labute approximate surface area is 138 Å². The van der Waals surface area contributed by atoms with Crippen LogP contribution in [0.3, 0.4) is 0 Å². The lowest BCUT2D eigenvalue weighted by Gasteiger charge is -2.05. The van der Waals surface area contributed by atoms with E-state index in [9.17, 15) is 0 Å². The summed E-state index contributed by atoms with van der Waals surface area (Å²) in [5.74, 6) is 2.02. The molecular formula is C15H19N5S2. The maximum atomic E-state index is 4.36. The highest BCUT2D eigenvalue weighted by molar-refractivity contribution is 7.99. The maximum absolute atomic E-state index is 4.36. The maximum Gasteiger partial charge on any atom is 0.191 e. The third-order valence-corrected chi connectivity index (χ3v) is 5.29. The molecule has 116 valence electrons. The van der Waals surface area contributed by atoms with E-state index in [-0.39, 0.29) is 0 Å². The number of aryl methyl sites for hydroxylation is 2. The first-order chi connectivity index (χ1) is 10.8. The van der Waals surface area contributed by atoms with Gasteiger partial charge in [0.1, 0.15) is 0 Å². The predicted octanol–water partition coefficient (Wildman–Crippen LogP) is 3.48. The van der Waals surface area contributed by atoms with E-state index in [1.807, 2.05) is 17.9 Å². The molecule has 3 heterocycles. The van der Waals surface area contributed by atoms with Crippen molar-refractivity contribution >= 4 is 23.1 Å². The van der Waals surface area contributed by atoms with Gasteiger partial charge in [-0.15, -0.1) is 21.5 Å². The molecule has 0 aromatic carbocycles. The zero-order valence-corrected chi connectivity index (χ0v) is 14.4. The van der Waals surface area contributed by atoms with Crippen molar-refractivity contribution in [3.8, 4) is 10.7 Å². The van der Waals surface area contributed by atoms with Crippen LogP contribution in [-0.4, -0.2) is 30.3 Å². The average Bonchev–Trinajstić information content (AvgIpc) is 3.23. The van der Waals surface area contributed by atoms with Gasteiger partial charge in [-0.25, -0.2) is 0 Å². The predicted molar refractivity (Wildman–Crippen MR) is 91.3 cm³/mol. The normalized spacial score (nSPS) is 11.2. The summed E-state index contributed by atoms with van der Waals surface area (Å²) in [7, 11) is 1.95. The van der Waals surface area contributed by atoms with Crippen molar-refractivity contribution in [2.75, 3.05) is 5.75 Å². The molecule has 0 spiro atoms. The van der Waals surface area contributed by atoms with Gasteiger partial charge >= 0.3 is 0 Å².